The van der Waals surface area contributed by atoms with Gasteiger partial charge in [0, 0.05) is 19.3 Å². The second-order valence-corrected chi connectivity index (χ2v) is 2.54. The molecule has 0 atom stereocenters. The minimum Gasteiger partial charge on any atom is -0.395 e. The van der Waals surface area contributed by atoms with E-state index in [-0.39, 0.29) is 6.61 Å². The third-order valence-electron chi connectivity index (χ3n) is 1.60. The van der Waals surface area contributed by atoms with Crippen LogP contribution in [0.5, 0.6) is 0 Å². The Morgan fingerprint density at radius 3 is 3.00 bits per heavy atom. The fourth-order valence-electron chi connectivity index (χ4n) is 1.04. The number of hydrogen-bond acceptors (Lipinski definition) is 4. The molecule has 4 nitrogen and oxygen atoms in total. The van der Waals surface area contributed by atoms with Crippen molar-refractivity contribution in [3.63, 3.8) is 0 Å². The third-order valence-corrected chi connectivity index (χ3v) is 1.60. The first-order valence-electron chi connectivity index (χ1n) is 4.13. The zero-order valence-electron chi connectivity index (χ0n) is 7.43. The first-order valence-corrected chi connectivity index (χ1v) is 4.13. The van der Waals surface area contributed by atoms with Crippen molar-refractivity contribution in [2.75, 3.05) is 24.6 Å². The van der Waals surface area contributed by atoms with E-state index >= 15 is 0 Å². The van der Waals surface area contributed by atoms with Crippen LogP contribution in [0.1, 0.15) is 0 Å². The van der Waals surface area contributed by atoms with Gasteiger partial charge in [-0.3, -0.25) is 0 Å². The summed E-state index contributed by atoms with van der Waals surface area (Å²) in [7, 11) is 0. The van der Waals surface area contributed by atoms with Crippen molar-refractivity contribution in [1.29, 1.82) is 0 Å². The zero-order valence-corrected chi connectivity index (χ0v) is 7.43. The quantitative estimate of drug-likeness (QED) is 0.667. The lowest BCUT2D eigenvalue weighted by molar-refractivity contribution is 0.302. The van der Waals surface area contributed by atoms with E-state index in [0.717, 1.165) is 5.82 Å². The Kier molecular flexibility index (Phi) is 3.92. The van der Waals surface area contributed by atoms with Gasteiger partial charge in [-0.1, -0.05) is 6.08 Å². The molecule has 1 N–H and O–H groups in total. The molecule has 0 saturated carbocycles. The Balaban J connectivity index is 2.69. The highest BCUT2D eigenvalue weighted by molar-refractivity contribution is 5.36. The van der Waals surface area contributed by atoms with E-state index in [1.165, 1.54) is 0 Å². The predicted molar refractivity (Wildman–Crippen MR) is 51.5 cm³/mol. The second kappa shape index (κ2) is 5.27. The number of rotatable bonds is 5. The fraction of sp³-hybridized carbons (Fsp3) is 0.333. The summed E-state index contributed by atoms with van der Waals surface area (Å²) in [6, 6.07) is 3.67. The van der Waals surface area contributed by atoms with Crippen molar-refractivity contribution in [3.05, 3.63) is 31.0 Å². The van der Waals surface area contributed by atoms with E-state index in [4.69, 9.17) is 5.11 Å². The number of nitrogens with zero attached hydrogens (tertiary/aromatic N) is 3. The largest absolute Gasteiger partial charge is 0.395 e. The van der Waals surface area contributed by atoms with Crippen LogP contribution in [-0.2, 0) is 0 Å². The van der Waals surface area contributed by atoms with Gasteiger partial charge in [-0.2, -0.15) is 5.10 Å². The maximum atomic E-state index is 8.80. The maximum absolute atomic E-state index is 8.80. The number of aliphatic hydroxyl groups excluding tert-OH is 1. The summed E-state index contributed by atoms with van der Waals surface area (Å²) in [5, 5.41) is 16.5. The fourth-order valence-corrected chi connectivity index (χ4v) is 1.04. The molecule has 1 heterocycles. The van der Waals surface area contributed by atoms with Gasteiger partial charge in [0.1, 0.15) is 0 Å². The molecule has 0 bridgehead atoms. The maximum Gasteiger partial charge on any atom is 0.151 e. The van der Waals surface area contributed by atoms with Gasteiger partial charge in [0.15, 0.2) is 5.82 Å². The van der Waals surface area contributed by atoms with Crippen LogP contribution >= 0.6 is 0 Å². The Hall–Kier alpha value is -1.42. The number of hydrogen-bond donors (Lipinski definition) is 1. The lowest BCUT2D eigenvalue weighted by Gasteiger charge is -2.19. The topological polar surface area (TPSA) is 49.2 Å². The molecule has 13 heavy (non-hydrogen) atoms. The normalized spacial score (nSPS) is 9.62. The summed E-state index contributed by atoms with van der Waals surface area (Å²) in [6.45, 7) is 4.95. The van der Waals surface area contributed by atoms with Crippen LogP contribution in [0, 0.1) is 0 Å². The molecule has 0 amide bonds. The van der Waals surface area contributed by atoms with E-state index < -0.39 is 0 Å². The van der Waals surface area contributed by atoms with Gasteiger partial charge in [0.25, 0.3) is 0 Å². The van der Waals surface area contributed by atoms with E-state index in [1.54, 1.807) is 12.3 Å². The van der Waals surface area contributed by atoms with Gasteiger partial charge in [-0.05, 0) is 12.1 Å². The minimum atomic E-state index is 0.102. The Labute approximate surface area is 77.5 Å². The predicted octanol–water partition coefficient (Wildman–Crippen LogP) is 0.461. The van der Waals surface area contributed by atoms with Gasteiger partial charge in [0.05, 0.1) is 6.61 Å². The van der Waals surface area contributed by atoms with Crippen molar-refractivity contribution in [3.8, 4) is 0 Å². The molecule has 1 aromatic rings. The van der Waals surface area contributed by atoms with E-state index in [0.29, 0.717) is 13.1 Å². The lowest BCUT2D eigenvalue weighted by atomic mass is 10.4. The molecule has 0 fully saturated rings. The highest BCUT2D eigenvalue weighted by atomic mass is 16.3. The Morgan fingerprint density at radius 2 is 2.46 bits per heavy atom. The van der Waals surface area contributed by atoms with Gasteiger partial charge in [0.2, 0.25) is 0 Å². The van der Waals surface area contributed by atoms with Crippen LogP contribution in [0.4, 0.5) is 5.82 Å². The molecule has 0 unspecified atom stereocenters. The van der Waals surface area contributed by atoms with Crippen molar-refractivity contribution < 1.29 is 5.11 Å². The van der Waals surface area contributed by atoms with Crippen LogP contribution in [0.3, 0.4) is 0 Å². The lowest BCUT2D eigenvalue weighted by Crippen LogP contribution is -2.27. The highest BCUT2D eigenvalue weighted by Crippen LogP contribution is 2.06. The SMILES string of the molecule is C=CCN(CCO)c1cccnn1. The van der Waals surface area contributed by atoms with Gasteiger partial charge >= 0.3 is 0 Å². The molecular weight excluding hydrogens is 166 g/mol. The molecule has 1 rings (SSSR count). The summed E-state index contributed by atoms with van der Waals surface area (Å²) in [5.41, 5.74) is 0. The average molecular weight is 179 g/mol. The van der Waals surface area contributed by atoms with Gasteiger partial charge in [-0.15, -0.1) is 11.7 Å². The van der Waals surface area contributed by atoms with Crippen LogP contribution in [0.25, 0.3) is 0 Å². The molecule has 0 aliphatic rings. The molecule has 0 saturated heterocycles. The first-order chi connectivity index (χ1) is 6.38. The Bertz CT molecular complexity index is 250. The van der Waals surface area contributed by atoms with E-state index in [1.807, 2.05) is 17.0 Å². The molecule has 0 aliphatic heterocycles. The molecule has 0 radical (unpaired) electrons. The first kappa shape index (κ1) is 9.67. The Morgan fingerprint density at radius 1 is 1.62 bits per heavy atom. The van der Waals surface area contributed by atoms with Crippen LogP contribution in [-0.4, -0.2) is 35.0 Å². The average Bonchev–Trinajstić information content (AvgIpc) is 2.19. The van der Waals surface area contributed by atoms with Crippen LogP contribution in [0.2, 0.25) is 0 Å². The van der Waals surface area contributed by atoms with Gasteiger partial charge in [-0.25, -0.2) is 0 Å². The molecule has 70 valence electrons. The summed E-state index contributed by atoms with van der Waals surface area (Å²) < 4.78 is 0. The van der Waals surface area contributed by atoms with Crippen molar-refractivity contribution in [2.24, 2.45) is 0 Å². The molecule has 0 aliphatic carbocycles. The molecule has 1 aromatic heterocycles. The van der Waals surface area contributed by atoms with Crippen LogP contribution < -0.4 is 4.90 Å². The summed E-state index contributed by atoms with van der Waals surface area (Å²) in [4.78, 5) is 1.90. The standard InChI is InChI=1S/C9H13N3O/c1-2-6-12(7-8-13)9-4-3-5-10-11-9/h2-5,13H,1,6-8H2. The van der Waals surface area contributed by atoms with Gasteiger partial charge < -0.3 is 10.0 Å². The molecule has 4 heteroatoms. The number of anilines is 1. The monoisotopic (exact) mass is 179 g/mol. The second-order valence-electron chi connectivity index (χ2n) is 2.54. The van der Waals surface area contributed by atoms with Crippen molar-refractivity contribution in [1.82, 2.24) is 10.2 Å². The summed E-state index contributed by atoms with van der Waals surface area (Å²) in [5.74, 6) is 0.761. The zero-order chi connectivity index (χ0) is 9.52. The molecular formula is C9H13N3O. The summed E-state index contributed by atoms with van der Waals surface area (Å²) >= 11 is 0. The van der Waals surface area contributed by atoms with Crippen molar-refractivity contribution in [2.45, 2.75) is 0 Å². The van der Waals surface area contributed by atoms with Crippen molar-refractivity contribution >= 4 is 5.82 Å². The number of aromatic nitrogens is 2. The number of aliphatic hydroxyl groups is 1. The van der Waals surface area contributed by atoms with E-state index in [2.05, 4.69) is 16.8 Å². The third kappa shape index (κ3) is 2.83. The summed E-state index contributed by atoms with van der Waals surface area (Å²) in [6.07, 6.45) is 3.39. The highest BCUT2D eigenvalue weighted by Gasteiger charge is 2.03. The van der Waals surface area contributed by atoms with E-state index in [9.17, 15) is 0 Å². The van der Waals surface area contributed by atoms with Crippen LogP contribution in [0.15, 0.2) is 31.0 Å². The smallest absolute Gasteiger partial charge is 0.151 e. The molecule has 0 spiro atoms. The minimum absolute atomic E-state index is 0.102. The molecule has 0 aromatic carbocycles.